The molecule has 0 bridgehead atoms. The van der Waals surface area contributed by atoms with E-state index in [1.165, 1.54) is 44.6 Å². The fraction of sp³-hybridized carbons (Fsp3) is 0.526. The van der Waals surface area contributed by atoms with Crippen molar-refractivity contribution in [1.82, 2.24) is 19.8 Å². The van der Waals surface area contributed by atoms with Crippen molar-refractivity contribution >= 4 is 24.8 Å². The molecule has 4 rings (SSSR count). The topological polar surface area (TPSA) is 42.3 Å². The van der Waals surface area contributed by atoms with Crippen LogP contribution >= 0.6 is 24.8 Å². The number of likely N-dealkylation sites (tertiary alicyclic amines) is 1. The van der Waals surface area contributed by atoms with Crippen LogP contribution < -0.4 is 10.1 Å². The number of hydrogen-bond acceptors (Lipinski definition) is 4. The minimum absolute atomic E-state index is 0. The van der Waals surface area contributed by atoms with Crippen LogP contribution in [0.25, 0.3) is 0 Å². The van der Waals surface area contributed by atoms with Crippen LogP contribution in [-0.4, -0.2) is 40.6 Å². The molecule has 0 amide bonds. The number of halogens is 2. The molecule has 26 heavy (non-hydrogen) atoms. The van der Waals surface area contributed by atoms with Gasteiger partial charge in [-0.25, -0.2) is 4.98 Å². The van der Waals surface area contributed by atoms with Crippen molar-refractivity contribution in [3.8, 4) is 5.75 Å². The van der Waals surface area contributed by atoms with Gasteiger partial charge in [0.2, 0.25) is 0 Å². The van der Waals surface area contributed by atoms with Gasteiger partial charge in [0.15, 0.2) is 0 Å². The van der Waals surface area contributed by atoms with Gasteiger partial charge in [-0.3, -0.25) is 4.90 Å². The average Bonchev–Trinajstić information content (AvgIpc) is 3.31. The molecule has 2 aliphatic heterocycles. The third kappa shape index (κ3) is 4.71. The Bertz CT molecular complexity index is 683. The van der Waals surface area contributed by atoms with Crippen molar-refractivity contribution < 1.29 is 4.74 Å². The zero-order valence-corrected chi connectivity index (χ0v) is 16.8. The molecule has 1 N–H and O–H groups in total. The Morgan fingerprint density at radius 1 is 1.19 bits per heavy atom. The second-order valence-electron chi connectivity index (χ2n) is 7.27. The van der Waals surface area contributed by atoms with E-state index in [4.69, 9.17) is 4.74 Å². The van der Waals surface area contributed by atoms with Gasteiger partial charge in [-0.15, -0.1) is 24.8 Å². The molecule has 5 nitrogen and oxygen atoms in total. The van der Waals surface area contributed by atoms with Crippen molar-refractivity contribution in [2.45, 2.75) is 26.0 Å². The fourth-order valence-corrected chi connectivity index (χ4v) is 3.94. The monoisotopic (exact) mass is 398 g/mol. The summed E-state index contributed by atoms with van der Waals surface area (Å²) in [5.74, 6) is 1.84. The summed E-state index contributed by atoms with van der Waals surface area (Å²) in [5, 5.41) is 3.53. The Morgan fingerprint density at radius 3 is 2.65 bits per heavy atom. The lowest BCUT2D eigenvalue weighted by molar-refractivity contribution is 0.268. The van der Waals surface area contributed by atoms with E-state index in [0.717, 1.165) is 18.1 Å². The number of nitrogens with one attached hydrogen (secondary N) is 1. The van der Waals surface area contributed by atoms with E-state index in [1.54, 1.807) is 6.20 Å². The smallest absolute Gasteiger partial charge is 0.146 e. The first-order valence-electron chi connectivity index (χ1n) is 8.84. The molecule has 3 heterocycles. The highest BCUT2D eigenvalue weighted by atomic mass is 35.5. The largest absolute Gasteiger partial charge is 0.486 e. The molecular weight excluding hydrogens is 371 g/mol. The van der Waals surface area contributed by atoms with Crippen LogP contribution in [0, 0.1) is 5.41 Å². The summed E-state index contributed by atoms with van der Waals surface area (Å²) in [7, 11) is 1.98. The molecule has 2 aliphatic rings. The van der Waals surface area contributed by atoms with Crippen LogP contribution in [0.2, 0.25) is 0 Å². The maximum Gasteiger partial charge on any atom is 0.146 e. The molecule has 2 fully saturated rings. The molecule has 2 saturated heterocycles. The zero-order chi connectivity index (χ0) is 16.4. The number of ether oxygens (including phenoxy) is 1. The Morgan fingerprint density at radius 2 is 2.00 bits per heavy atom. The van der Waals surface area contributed by atoms with Crippen LogP contribution in [0.15, 0.2) is 36.7 Å². The number of imidazole rings is 1. The third-order valence-electron chi connectivity index (χ3n) is 5.47. The second kappa shape index (κ2) is 9.09. The first-order valence-corrected chi connectivity index (χ1v) is 8.84. The predicted octanol–water partition coefficient (Wildman–Crippen LogP) is 3.03. The highest BCUT2D eigenvalue weighted by molar-refractivity contribution is 5.85. The summed E-state index contributed by atoms with van der Waals surface area (Å²) in [6, 6.07) is 8.51. The summed E-state index contributed by atoms with van der Waals surface area (Å²) in [4.78, 5) is 6.87. The Balaban J connectivity index is 0.00000121. The van der Waals surface area contributed by atoms with Crippen molar-refractivity contribution in [3.05, 3.63) is 48.0 Å². The van der Waals surface area contributed by atoms with E-state index in [0.29, 0.717) is 12.0 Å². The molecule has 1 atom stereocenters. The van der Waals surface area contributed by atoms with Crippen molar-refractivity contribution in [2.24, 2.45) is 12.5 Å². The van der Waals surface area contributed by atoms with Gasteiger partial charge < -0.3 is 14.6 Å². The van der Waals surface area contributed by atoms with Gasteiger partial charge >= 0.3 is 0 Å². The van der Waals surface area contributed by atoms with E-state index >= 15 is 0 Å². The molecule has 144 valence electrons. The quantitative estimate of drug-likeness (QED) is 0.840. The lowest BCUT2D eigenvalue weighted by Crippen LogP contribution is -2.28. The third-order valence-corrected chi connectivity index (χ3v) is 5.47. The summed E-state index contributed by atoms with van der Waals surface area (Å²) < 4.78 is 7.81. The number of benzene rings is 1. The van der Waals surface area contributed by atoms with E-state index in [-0.39, 0.29) is 24.8 Å². The summed E-state index contributed by atoms with van der Waals surface area (Å²) >= 11 is 0. The first kappa shape index (κ1) is 21.0. The predicted molar refractivity (Wildman–Crippen MR) is 108 cm³/mol. The van der Waals surface area contributed by atoms with Crippen LogP contribution in [0.3, 0.4) is 0 Å². The molecule has 0 radical (unpaired) electrons. The van der Waals surface area contributed by atoms with E-state index < -0.39 is 0 Å². The Hall–Kier alpha value is -1.27. The summed E-state index contributed by atoms with van der Waals surface area (Å²) in [6.07, 6.45) is 6.41. The fourth-order valence-electron chi connectivity index (χ4n) is 3.94. The first-order chi connectivity index (χ1) is 11.7. The van der Waals surface area contributed by atoms with E-state index in [1.807, 2.05) is 17.8 Å². The normalized spacial score (nSPS) is 22.2. The SMILES string of the molecule is Cl.Cl.Cn1ccnc1COc1ccc(CN2CCC3(CCNC3)C2)cc1. The van der Waals surface area contributed by atoms with Crippen LogP contribution in [-0.2, 0) is 20.2 Å². The van der Waals surface area contributed by atoms with Crippen LogP contribution in [0.4, 0.5) is 0 Å². The van der Waals surface area contributed by atoms with Crippen LogP contribution in [0.1, 0.15) is 24.2 Å². The molecule has 1 aromatic heterocycles. The van der Waals surface area contributed by atoms with E-state index in [2.05, 4.69) is 39.5 Å². The number of nitrogens with zero attached hydrogens (tertiary/aromatic N) is 3. The highest BCUT2D eigenvalue weighted by Gasteiger charge is 2.39. The maximum atomic E-state index is 5.83. The van der Waals surface area contributed by atoms with Gasteiger partial charge in [0.05, 0.1) is 0 Å². The van der Waals surface area contributed by atoms with Gasteiger partial charge in [-0.1, -0.05) is 12.1 Å². The van der Waals surface area contributed by atoms with Gasteiger partial charge in [0.1, 0.15) is 18.2 Å². The maximum absolute atomic E-state index is 5.83. The van der Waals surface area contributed by atoms with Crippen molar-refractivity contribution in [2.75, 3.05) is 26.2 Å². The number of hydrogen-bond donors (Lipinski definition) is 1. The molecule has 1 aromatic carbocycles. The molecule has 0 aliphatic carbocycles. The Labute approximate surface area is 167 Å². The highest BCUT2D eigenvalue weighted by Crippen LogP contribution is 2.36. The Kier molecular flexibility index (Phi) is 7.35. The molecule has 1 spiro atoms. The number of aryl methyl sites for hydroxylation is 1. The van der Waals surface area contributed by atoms with Crippen LogP contribution in [0.5, 0.6) is 5.75 Å². The molecule has 0 saturated carbocycles. The van der Waals surface area contributed by atoms with Crippen molar-refractivity contribution in [3.63, 3.8) is 0 Å². The lowest BCUT2D eigenvalue weighted by atomic mass is 9.86. The minimum Gasteiger partial charge on any atom is -0.486 e. The van der Waals surface area contributed by atoms with E-state index in [9.17, 15) is 0 Å². The molecule has 2 aromatic rings. The summed E-state index contributed by atoms with van der Waals surface area (Å²) in [5.41, 5.74) is 1.91. The zero-order valence-electron chi connectivity index (χ0n) is 15.2. The lowest BCUT2D eigenvalue weighted by Gasteiger charge is -2.22. The summed E-state index contributed by atoms with van der Waals surface area (Å²) in [6.45, 7) is 6.39. The number of aromatic nitrogens is 2. The number of rotatable bonds is 5. The van der Waals surface area contributed by atoms with Crippen molar-refractivity contribution in [1.29, 1.82) is 0 Å². The standard InChI is InChI=1S/C19H26N4O.2ClH/c1-22-11-9-21-18(22)13-24-17-4-2-16(3-5-17)12-23-10-7-19(15-23)6-8-20-14-19;;/h2-5,9,11,20H,6-8,10,12-15H2,1H3;2*1H. The van der Waals surface area contributed by atoms with Gasteiger partial charge in [-0.2, -0.15) is 0 Å². The second-order valence-corrected chi connectivity index (χ2v) is 7.27. The van der Waals surface area contributed by atoms with Gasteiger partial charge in [-0.05, 0) is 49.0 Å². The van der Waals surface area contributed by atoms with Gasteiger partial charge in [0.25, 0.3) is 0 Å². The van der Waals surface area contributed by atoms with Gasteiger partial charge in [0, 0.05) is 39.1 Å². The molecule has 1 unspecified atom stereocenters. The molecule has 7 heteroatoms. The molecular formula is C19H28Cl2N4O. The minimum atomic E-state index is 0. The average molecular weight is 399 g/mol.